The van der Waals surface area contributed by atoms with Gasteiger partial charge in [-0.25, -0.2) is 0 Å². The van der Waals surface area contributed by atoms with Crippen LogP contribution in [0.1, 0.15) is 17.5 Å². The number of hydrogen-bond donors (Lipinski definition) is 1. The van der Waals surface area contributed by atoms with Crippen LogP contribution in [-0.2, 0) is 6.42 Å². The lowest BCUT2D eigenvalue weighted by Gasteiger charge is -2.27. The van der Waals surface area contributed by atoms with Crippen LogP contribution in [0.3, 0.4) is 0 Å². The lowest BCUT2D eigenvalue weighted by molar-refractivity contribution is 0.213. The fraction of sp³-hybridized carbons (Fsp3) is 0.400. The molecule has 2 aromatic rings. The Labute approximate surface area is 139 Å². The molecule has 1 heterocycles. The molecule has 1 aliphatic heterocycles. The molecule has 0 unspecified atom stereocenters. The maximum atomic E-state index is 6.06. The molecule has 23 heavy (non-hydrogen) atoms. The first-order chi connectivity index (χ1) is 11.4. The Morgan fingerprint density at radius 2 is 1.65 bits per heavy atom. The van der Waals surface area contributed by atoms with Gasteiger partial charge in [0.15, 0.2) is 0 Å². The van der Waals surface area contributed by atoms with Gasteiger partial charge in [0.1, 0.15) is 5.75 Å². The number of ether oxygens (including phenoxy) is 1. The first kappa shape index (κ1) is 16.0. The van der Waals surface area contributed by atoms with Crippen LogP contribution in [0, 0.1) is 0 Å². The van der Waals surface area contributed by atoms with Crippen LogP contribution < -0.4 is 10.1 Å². The molecule has 3 heteroatoms. The van der Waals surface area contributed by atoms with E-state index in [9.17, 15) is 0 Å². The van der Waals surface area contributed by atoms with Crippen LogP contribution in [0.5, 0.6) is 5.75 Å². The molecule has 0 saturated carbocycles. The van der Waals surface area contributed by atoms with Gasteiger partial charge in [-0.3, -0.25) is 0 Å². The molecular formula is C20H26N2O. The fourth-order valence-electron chi connectivity index (χ4n) is 3.01. The van der Waals surface area contributed by atoms with Crippen LogP contribution in [0.25, 0.3) is 0 Å². The fourth-order valence-corrected chi connectivity index (χ4v) is 3.01. The van der Waals surface area contributed by atoms with E-state index in [-0.39, 0.29) is 0 Å². The molecule has 122 valence electrons. The summed E-state index contributed by atoms with van der Waals surface area (Å²) in [7, 11) is 0. The van der Waals surface area contributed by atoms with Gasteiger partial charge in [-0.05, 0) is 23.6 Å². The second-order valence-corrected chi connectivity index (χ2v) is 6.06. The van der Waals surface area contributed by atoms with Crippen molar-refractivity contribution in [1.29, 1.82) is 0 Å². The minimum Gasteiger partial charge on any atom is -0.493 e. The number of rotatable bonds is 7. The molecule has 1 saturated heterocycles. The van der Waals surface area contributed by atoms with Crippen molar-refractivity contribution in [2.24, 2.45) is 0 Å². The van der Waals surface area contributed by atoms with Gasteiger partial charge in [-0.2, -0.15) is 0 Å². The van der Waals surface area contributed by atoms with Crippen molar-refractivity contribution in [2.45, 2.75) is 12.8 Å². The van der Waals surface area contributed by atoms with Gasteiger partial charge in [-0.15, -0.1) is 0 Å². The van der Waals surface area contributed by atoms with Crippen molar-refractivity contribution in [3.8, 4) is 5.75 Å². The van der Waals surface area contributed by atoms with Crippen LogP contribution in [0.15, 0.2) is 54.6 Å². The van der Waals surface area contributed by atoms with Gasteiger partial charge in [0.25, 0.3) is 0 Å². The minimum absolute atomic E-state index is 0.787. The zero-order valence-corrected chi connectivity index (χ0v) is 13.7. The lowest BCUT2D eigenvalue weighted by Crippen LogP contribution is -2.43. The molecule has 0 aromatic heterocycles. The van der Waals surface area contributed by atoms with E-state index in [1.165, 1.54) is 11.1 Å². The van der Waals surface area contributed by atoms with E-state index in [4.69, 9.17) is 4.74 Å². The predicted octanol–water partition coefficient (Wildman–Crippen LogP) is 2.95. The standard InChI is InChI=1S/C20H26N2O/c1-2-7-18(8-3-1)17-19-9-4-5-10-20(19)23-16-6-13-22-14-11-21-12-15-22/h1-5,7-10,21H,6,11-17H2. The van der Waals surface area contributed by atoms with E-state index in [0.29, 0.717) is 0 Å². The highest BCUT2D eigenvalue weighted by atomic mass is 16.5. The maximum Gasteiger partial charge on any atom is 0.122 e. The maximum absolute atomic E-state index is 6.06. The van der Waals surface area contributed by atoms with Crippen molar-refractivity contribution in [1.82, 2.24) is 10.2 Å². The third kappa shape index (κ3) is 5.08. The summed E-state index contributed by atoms with van der Waals surface area (Å²) in [4.78, 5) is 2.51. The average molecular weight is 310 g/mol. The minimum atomic E-state index is 0.787. The SMILES string of the molecule is c1ccc(Cc2ccccc2OCCCN2CCNCC2)cc1. The van der Waals surface area contributed by atoms with Gasteiger partial charge >= 0.3 is 0 Å². The molecule has 0 spiro atoms. The van der Waals surface area contributed by atoms with E-state index in [1.807, 2.05) is 0 Å². The third-order valence-corrected chi connectivity index (χ3v) is 4.30. The van der Waals surface area contributed by atoms with E-state index in [1.54, 1.807) is 0 Å². The summed E-state index contributed by atoms with van der Waals surface area (Å²) >= 11 is 0. The van der Waals surface area contributed by atoms with Crippen molar-refractivity contribution in [3.63, 3.8) is 0 Å². The number of para-hydroxylation sites is 1. The number of piperazine rings is 1. The van der Waals surface area contributed by atoms with Crippen molar-refractivity contribution < 1.29 is 4.74 Å². The van der Waals surface area contributed by atoms with Gasteiger partial charge in [0, 0.05) is 39.1 Å². The topological polar surface area (TPSA) is 24.5 Å². The lowest BCUT2D eigenvalue weighted by atomic mass is 10.0. The zero-order chi connectivity index (χ0) is 15.7. The van der Waals surface area contributed by atoms with Gasteiger partial charge in [0.2, 0.25) is 0 Å². The van der Waals surface area contributed by atoms with Gasteiger partial charge in [0.05, 0.1) is 6.61 Å². The molecule has 3 nitrogen and oxygen atoms in total. The van der Waals surface area contributed by atoms with Crippen LogP contribution in [-0.4, -0.2) is 44.2 Å². The number of benzene rings is 2. The second kappa shape index (κ2) is 8.70. The Kier molecular flexibility index (Phi) is 6.07. The van der Waals surface area contributed by atoms with Crippen molar-refractivity contribution in [3.05, 3.63) is 65.7 Å². The number of nitrogens with zero attached hydrogens (tertiary/aromatic N) is 1. The zero-order valence-electron chi connectivity index (χ0n) is 13.7. The highest BCUT2D eigenvalue weighted by Crippen LogP contribution is 2.21. The van der Waals surface area contributed by atoms with E-state index in [2.05, 4.69) is 64.8 Å². The van der Waals surface area contributed by atoms with Gasteiger partial charge < -0.3 is 15.0 Å². The molecule has 0 radical (unpaired) electrons. The largest absolute Gasteiger partial charge is 0.493 e. The molecule has 0 bridgehead atoms. The Hall–Kier alpha value is -1.84. The Morgan fingerprint density at radius 1 is 0.913 bits per heavy atom. The quantitative estimate of drug-likeness (QED) is 0.796. The normalized spacial score (nSPS) is 15.5. The average Bonchev–Trinajstić information content (AvgIpc) is 2.62. The summed E-state index contributed by atoms with van der Waals surface area (Å²) in [5.41, 5.74) is 2.59. The van der Waals surface area contributed by atoms with E-state index in [0.717, 1.165) is 57.9 Å². The smallest absolute Gasteiger partial charge is 0.122 e. The predicted molar refractivity (Wildman–Crippen MR) is 95.1 cm³/mol. The van der Waals surface area contributed by atoms with E-state index >= 15 is 0 Å². The first-order valence-corrected chi connectivity index (χ1v) is 8.59. The Bertz CT molecular complexity index is 579. The van der Waals surface area contributed by atoms with Crippen LogP contribution in [0.4, 0.5) is 0 Å². The summed E-state index contributed by atoms with van der Waals surface area (Å²) in [6.45, 7) is 6.45. The van der Waals surface area contributed by atoms with Gasteiger partial charge in [-0.1, -0.05) is 48.5 Å². The number of nitrogens with one attached hydrogen (secondary N) is 1. The molecule has 1 aliphatic rings. The first-order valence-electron chi connectivity index (χ1n) is 8.59. The summed E-state index contributed by atoms with van der Waals surface area (Å²) in [6, 6.07) is 19.0. The molecule has 1 fully saturated rings. The van der Waals surface area contributed by atoms with Crippen LogP contribution >= 0.6 is 0 Å². The molecule has 0 amide bonds. The summed E-state index contributed by atoms with van der Waals surface area (Å²) < 4.78 is 6.06. The Balaban J connectivity index is 1.49. The summed E-state index contributed by atoms with van der Waals surface area (Å²) in [6.07, 6.45) is 2.01. The molecule has 3 rings (SSSR count). The third-order valence-electron chi connectivity index (χ3n) is 4.30. The van der Waals surface area contributed by atoms with E-state index < -0.39 is 0 Å². The summed E-state index contributed by atoms with van der Waals surface area (Å²) in [5, 5.41) is 3.39. The van der Waals surface area contributed by atoms with Crippen LogP contribution in [0.2, 0.25) is 0 Å². The molecule has 0 atom stereocenters. The molecule has 0 aliphatic carbocycles. The number of hydrogen-bond acceptors (Lipinski definition) is 3. The molecule has 2 aromatic carbocycles. The second-order valence-electron chi connectivity index (χ2n) is 6.06. The van der Waals surface area contributed by atoms with Crippen molar-refractivity contribution in [2.75, 3.05) is 39.3 Å². The highest BCUT2D eigenvalue weighted by molar-refractivity contribution is 5.37. The molecule has 1 N–H and O–H groups in total. The Morgan fingerprint density at radius 3 is 2.48 bits per heavy atom. The summed E-state index contributed by atoms with van der Waals surface area (Å²) in [5.74, 6) is 1.02. The monoisotopic (exact) mass is 310 g/mol. The molecular weight excluding hydrogens is 284 g/mol. The highest BCUT2D eigenvalue weighted by Gasteiger charge is 2.09. The van der Waals surface area contributed by atoms with Crippen molar-refractivity contribution >= 4 is 0 Å².